The van der Waals surface area contributed by atoms with Crippen LogP contribution in [0.2, 0.25) is 0 Å². The van der Waals surface area contributed by atoms with E-state index in [0.717, 1.165) is 49.2 Å². The van der Waals surface area contributed by atoms with Crippen LogP contribution >= 0.6 is 0 Å². The smallest absolute Gasteiger partial charge is 0.275 e. The zero-order chi connectivity index (χ0) is 20.2. The van der Waals surface area contributed by atoms with Gasteiger partial charge in [0.05, 0.1) is 12.4 Å². The Morgan fingerprint density at radius 3 is 2.28 bits per heavy atom. The van der Waals surface area contributed by atoms with E-state index in [-0.39, 0.29) is 5.91 Å². The molecule has 2 aromatic heterocycles. The van der Waals surface area contributed by atoms with Gasteiger partial charge >= 0.3 is 0 Å². The van der Waals surface area contributed by atoms with Crippen molar-refractivity contribution in [2.45, 2.75) is 13.8 Å². The Balaban J connectivity index is 1.36. The number of rotatable bonds is 4. The number of amides is 1. The van der Waals surface area contributed by atoms with Gasteiger partial charge in [-0.3, -0.25) is 4.79 Å². The maximum absolute atomic E-state index is 12.4. The fraction of sp³-hybridized carbons (Fsp3) is 0.286. The van der Waals surface area contributed by atoms with Crippen LogP contribution in [0.25, 0.3) is 0 Å². The number of hydrogen-bond donors (Lipinski definition) is 1. The van der Waals surface area contributed by atoms with Crippen molar-refractivity contribution >= 4 is 23.4 Å². The molecule has 8 nitrogen and oxygen atoms in total. The number of aromatic nitrogens is 4. The van der Waals surface area contributed by atoms with Gasteiger partial charge in [0, 0.05) is 44.3 Å². The maximum Gasteiger partial charge on any atom is 0.275 e. The molecule has 1 aliphatic rings. The van der Waals surface area contributed by atoms with Crippen LogP contribution in [0.4, 0.5) is 17.5 Å². The van der Waals surface area contributed by atoms with Crippen molar-refractivity contribution in [3.05, 3.63) is 65.9 Å². The minimum atomic E-state index is -0.265. The molecular weight excluding hydrogens is 366 g/mol. The van der Waals surface area contributed by atoms with Gasteiger partial charge in [0.25, 0.3) is 5.91 Å². The Kier molecular flexibility index (Phi) is 5.33. The summed E-state index contributed by atoms with van der Waals surface area (Å²) in [5.41, 5.74) is 3.36. The molecule has 1 aromatic carbocycles. The molecule has 3 aromatic rings. The van der Waals surface area contributed by atoms with Gasteiger partial charge in [-0.25, -0.2) is 19.9 Å². The average Bonchev–Trinajstić information content (AvgIpc) is 2.77. The third-order valence-electron chi connectivity index (χ3n) is 5.07. The van der Waals surface area contributed by atoms with Crippen molar-refractivity contribution in [1.82, 2.24) is 19.9 Å². The fourth-order valence-corrected chi connectivity index (χ4v) is 3.21. The summed E-state index contributed by atoms with van der Waals surface area (Å²) >= 11 is 0. The second-order valence-electron chi connectivity index (χ2n) is 7.04. The standard InChI is InChI=1S/C21H23N7O/c1-15-4-5-17(12-16(15)2)26-20(29)18-13-25-19(14-24-18)27-8-10-28(11-9-27)21-22-6-3-7-23-21/h3-7,12-14H,8-11H2,1-2H3,(H,26,29). The minimum Gasteiger partial charge on any atom is -0.352 e. The summed E-state index contributed by atoms with van der Waals surface area (Å²) in [5.74, 6) is 1.25. The van der Waals surface area contributed by atoms with Gasteiger partial charge in [-0.1, -0.05) is 6.07 Å². The molecule has 0 saturated carbocycles. The van der Waals surface area contributed by atoms with Crippen LogP contribution in [-0.2, 0) is 0 Å². The predicted molar refractivity (Wildman–Crippen MR) is 112 cm³/mol. The number of piperazine rings is 1. The number of aryl methyl sites for hydroxylation is 2. The predicted octanol–water partition coefficient (Wildman–Crippen LogP) is 2.46. The molecule has 0 unspecified atom stereocenters. The second kappa shape index (κ2) is 8.22. The van der Waals surface area contributed by atoms with Gasteiger partial charge in [-0.2, -0.15) is 0 Å². The van der Waals surface area contributed by atoms with Gasteiger partial charge in [-0.05, 0) is 43.2 Å². The van der Waals surface area contributed by atoms with E-state index >= 15 is 0 Å². The van der Waals surface area contributed by atoms with Crippen LogP contribution in [0.1, 0.15) is 21.6 Å². The molecule has 1 N–H and O–H groups in total. The number of carbonyl (C=O) groups excluding carboxylic acids is 1. The van der Waals surface area contributed by atoms with Crippen molar-refractivity contribution in [1.29, 1.82) is 0 Å². The van der Waals surface area contributed by atoms with Crippen LogP contribution < -0.4 is 15.1 Å². The van der Waals surface area contributed by atoms with Gasteiger partial charge in [-0.15, -0.1) is 0 Å². The first-order valence-corrected chi connectivity index (χ1v) is 9.58. The number of hydrogen-bond acceptors (Lipinski definition) is 7. The molecule has 1 amide bonds. The highest BCUT2D eigenvalue weighted by Gasteiger charge is 2.20. The summed E-state index contributed by atoms with van der Waals surface area (Å²) in [6, 6.07) is 7.63. The quantitative estimate of drug-likeness (QED) is 0.733. The van der Waals surface area contributed by atoms with Crippen LogP contribution in [0.3, 0.4) is 0 Å². The minimum absolute atomic E-state index is 0.265. The van der Waals surface area contributed by atoms with Crippen LogP contribution in [0, 0.1) is 13.8 Å². The Bertz CT molecular complexity index is 984. The normalized spacial score (nSPS) is 14.0. The third kappa shape index (κ3) is 4.31. The van der Waals surface area contributed by atoms with E-state index in [1.165, 1.54) is 11.8 Å². The summed E-state index contributed by atoms with van der Waals surface area (Å²) in [6.07, 6.45) is 6.69. The fourth-order valence-electron chi connectivity index (χ4n) is 3.21. The highest BCUT2D eigenvalue weighted by atomic mass is 16.1. The lowest BCUT2D eigenvalue weighted by Crippen LogP contribution is -2.47. The number of anilines is 3. The lowest BCUT2D eigenvalue weighted by Gasteiger charge is -2.35. The summed E-state index contributed by atoms with van der Waals surface area (Å²) in [4.78, 5) is 34.1. The Morgan fingerprint density at radius 1 is 0.897 bits per heavy atom. The van der Waals surface area contributed by atoms with Crippen molar-refractivity contribution in [2.75, 3.05) is 41.3 Å². The molecule has 8 heteroatoms. The first-order chi connectivity index (χ1) is 14.1. The van der Waals surface area contributed by atoms with E-state index < -0.39 is 0 Å². The zero-order valence-electron chi connectivity index (χ0n) is 16.5. The van der Waals surface area contributed by atoms with Crippen molar-refractivity contribution in [2.24, 2.45) is 0 Å². The van der Waals surface area contributed by atoms with E-state index in [2.05, 4.69) is 35.1 Å². The van der Waals surface area contributed by atoms with Crippen LogP contribution in [-0.4, -0.2) is 52.0 Å². The molecule has 0 atom stereocenters. The van der Waals surface area contributed by atoms with E-state index in [0.29, 0.717) is 5.69 Å². The molecular formula is C21H23N7O. The molecule has 1 fully saturated rings. The van der Waals surface area contributed by atoms with Gasteiger partial charge in [0.1, 0.15) is 11.5 Å². The summed E-state index contributed by atoms with van der Waals surface area (Å²) in [5, 5.41) is 2.87. The average molecular weight is 389 g/mol. The van der Waals surface area contributed by atoms with Crippen molar-refractivity contribution in [3.63, 3.8) is 0 Å². The van der Waals surface area contributed by atoms with E-state index in [1.54, 1.807) is 18.6 Å². The molecule has 1 saturated heterocycles. The molecule has 3 heterocycles. The largest absolute Gasteiger partial charge is 0.352 e. The monoisotopic (exact) mass is 389 g/mol. The number of nitrogens with zero attached hydrogens (tertiary/aromatic N) is 6. The number of benzene rings is 1. The second-order valence-corrected chi connectivity index (χ2v) is 7.04. The molecule has 29 heavy (non-hydrogen) atoms. The van der Waals surface area contributed by atoms with Crippen LogP contribution in [0.15, 0.2) is 49.1 Å². The Morgan fingerprint density at radius 2 is 1.62 bits per heavy atom. The van der Waals surface area contributed by atoms with Crippen molar-refractivity contribution in [3.8, 4) is 0 Å². The highest BCUT2D eigenvalue weighted by molar-refractivity contribution is 6.02. The first-order valence-electron chi connectivity index (χ1n) is 9.58. The molecule has 1 aliphatic heterocycles. The molecule has 0 bridgehead atoms. The zero-order valence-corrected chi connectivity index (χ0v) is 16.5. The molecule has 0 aliphatic carbocycles. The molecule has 0 spiro atoms. The topological polar surface area (TPSA) is 87.1 Å². The van der Waals surface area contributed by atoms with E-state index in [4.69, 9.17) is 0 Å². The molecule has 4 rings (SSSR count). The highest BCUT2D eigenvalue weighted by Crippen LogP contribution is 2.17. The number of nitrogens with one attached hydrogen (secondary N) is 1. The third-order valence-corrected chi connectivity index (χ3v) is 5.07. The van der Waals surface area contributed by atoms with E-state index in [1.807, 2.05) is 38.1 Å². The molecule has 0 radical (unpaired) electrons. The summed E-state index contributed by atoms with van der Waals surface area (Å²) in [7, 11) is 0. The SMILES string of the molecule is Cc1ccc(NC(=O)c2cnc(N3CCN(c4ncccn4)CC3)cn2)cc1C. The lowest BCUT2D eigenvalue weighted by molar-refractivity contribution is 0.102. The van der Waals surface area contributed by atoms with Gasteiger partial charge in [0.2, 0.25) is 5.95 Å². The summed E-state index contributed by atoms with van der Waals surface area (Å²) in [6.45, 7) is 7.25. The van der Waals surface area contributed by atoms with Gasteiger partial charge < -0.3 is 15.1 Å². The van der Waals surface area contributed by atoms with Gasteiger partial charge in [0.15, 0.2) is 0 Å². The maximum atomic E-state index is 12.4. The summed E-state index contributed by atoms with van der Waals surface area (Å²) < 4.78 is 0. The van der Waals surface area contributed by atoms with Crippen LogP contribution in [0.5, 0.6) is 0 Å². The van der Waals surface area contributed by atoms with Crippen molar-refractivity contribution < 1.29 is 4.79 Å². The lowest BCUT2D eigenvalue weighted by atomic mass is 10.1. The molecule has 148 valence electrons. The first kappa shape index (κ1) is 18.8. The Hall–Kier alpha value is -3.55. The number of carbonyl (C=O) groups is 1. The Labute approximate surface area is 169 Å². The van der Waals surface area contributed by atoms with E-state index in [9.17, 15) is 4.79 Å².